The molecule has 0 bridgehead atoms. The largest absolute Gasteiger partial charge is 0.377 e. The minimum Gasteiger partial charge on any atom is -0.377 e. The van der Waals surface area contributed by atoms with E-state index in [9.17, 15) is 0 Å². The average Bonchev–Trinajstić information content (AvgIpc) is 2.59. The van der Waals surface area contributed by atoms with E-state index in [-0.39, 0.29) is 0 Å². The molecule has 0 radical (unpaired) electrons. The van der Waals surface area contributed by atoms with Crippen molar-refractivity contribution in [3.05, 3.63) is 35.9 Å². The number of unbranched alkanes of at least 4 members (excludes halogenated alkanes) is 5. The summed E-state index contributed by atoms with van der Waals surface area (Å²) in [6.07, 6.45) is 10.1. The monoisotopic (exact) mass is 307 g/mol. The second kappa shape index (κ2) is 16.5. The van der Waals surface area contributed by atoms with Crippen LogP contribution in [0.1, 0.15) is 77.7 Å². The molecule has 22 heavy (non-hydrogen) atoms. The van der Waals surface area contributed by atoms with Crippen LogP contribution in [-0.4, -0.2) is 12.6 Å². The fraction of sp³-hybridized carbons (Fsp3) is 0.700. The van der Waals surface area contributed by atoms with Crippen molar-refractivity contribution >= 4 is 0 Å². The van der Waals surface area contributed by atoms with Gasteiger partial charge in [-0.3, -0.25) is 0 Å². The maximum Gasteiger partial charge on any atom is 0.0716 e. The van der Waals surface area contributed by atoms with Gasteiger partial charge in [0.1, 0.15) is 0 Å². The van der Waals surface area contributed by atoms with Crippen molar-refractivity contribution in [2.24, 2.45) is 5.73 Å². The van der Waals surface area contributed by atoms with Gasteiger partial charge in [0, 0.05) is 12.6 Å². The molecule has 0 amide bonds. The second-order valence-electron chi connectivity index (χ2n) is 5.62. The van der Waals surface area contributed by atoms with Crippen LogP contribution in [0.3, 0.4) is 0 Å². The number of nitrogens with two attached hydrogens (primary N) is 1. The van der Waals surface area contributed by atoms with Crippen molar-refractivity contribution in [3.8, 4) is 0 Å². The number of benzene rings is 1. The topological polar surface area (TPSA) is 35.2 Å². The van der Waals surface area contributed by atoms with Crippen LogP contribution in [0, 0.1) is 0 Å². The lowest BCUT2D eigenvalue weighted by molar-refractivity contribution is 0.116. The van der Waals surface area contributed by atoms with Crippen LogP contribution in [0.15, 0.2) is 30.3 Å². The van der Waals surface area contributed by atoms with Gasteiger partial charge in [0.25, 0.3) is 0 Å². The van der Waals surface area contributed by atoms with Crippen molar-refractivity contribution < 1.29 is 4.74 Å². The Morgan fingerprint density at radius 1 is 0.909 bits per heavy atom. The van der Waals surface area contributed by atoms with Crippen molar-refractivity contribution in [3.63, 3.8) is 0 Å². The van der Waals surface area contributed by atoms with Crippen LogP contribution in [0.5, 0.6) is 0 Å². The van der Waals surface area contributed by atoms with E-state index in [0.717, 1.165) is 19.6 Å². The summed E-state index contributed by atoms with van der Waals surface area (Å²) in [6, 6.07) is 10.8. The van der Waals surface area contributed by atoms with Gasteiger partial charge in [-0.1, -0.05) is 83.2 Å². The highest BCUT2D eigenvalue weighted by Gasteiger charge is 1.98. The number of hydrogen-bond acceptors (Lipinski definition) is 2. The molecule has 0 aliphatic carbocycles. The van der Waals surface area contributed by atoms with Crippen LogP contribution >= 0.6 is 0 Å². The Morgan fingerprint density at radius 2 is 1.50 bits per heavy atom. The normalized spacial score (nSPS) is 11.6. The fourth-order valence-electron chi connectivity index (χ4n) is 2.29. The molecule has 2 nitrogen and oxygen atoms in total. The molecule has 128 valence electrons. The first kappa shape index (κ1) is 21.1. The summed E-state index contributed by atoms with van der Waals surface area (Å²) < 4.78 is 5.68. The SMILES string of the molecule is CC.CCC(N)CCCCCCCCOCc1ccccc1. The van der Waals surface area contributed by atoms with E-state index < -0.39 is 0 Å². The summed E-state index contributed by atoms with van der Waals surface area (Å²) in [5.41, 5.74) is 7.16. The zero-order chi connectivity index (χ0) is 16.5. The highest BCUT2D eigenvalue weighted by Crippen LogP contribution is 2.09. The third-order valence-electron chi connectivity index (χ3n) is 3.75. The van der Waals surface area contributed by atoms with Gasteiger partial charge in [0.15, 0.2) is 0 Å². The lowest BCUT2D eigenvalue weighted by atomic mass is 10.0. The molecule has 0 saturated carbocycles. The van der Waals surface area contributed by atoms with E-state index in [1.807, 2.05) is 19.9 Å². The van der Waals surface area contributed by atoms with Gasteiger partial charge in [-0.15, -0.1) is 0 Å². The molecule has 2 heteroatoms. The molecule has 0 aromatic heterocycles. The van der Waals surface area contributed by atoms with Gasteiger partial charge in [0.05, 0.1) is 6.61 Å². The smallest absolute Gasteiger partial charge is 0.0716 e. The van der Waals surface area contributed by atoms with E-state index in [2.05, 4.69) is 31.2 Å². The predicted molar refractivity (Wildman–Crippen MR) is 98.0 cm³/mol. The van der Waals surface area contributed by atoms with Crippen LogP contribution in [0.25, 0.3) is 0 Å². The van der Waals surface area contributed by atoms with Gasteiger partial charge in [0.2, 0.25) is 0 Å². The first-order valence-corrected chi connectivity index (χ1v) is 9.20. The van der Waals surface area contributed by atoms with E-state index in [1.165, 1.54) is 50.5 Å². The summed E-state index contributed by atoms with van der Waals surface area (Å²) in [5, 5.41) is 0. The van der Waals surface area contributed by atoms with Crippen LogP contribution < -0.4 is 5.73 Å². The molecule has 1 rings (SSSR count). The molecule has 0 aliphatic rings. The van der Waals surface area contributed by atoms with Crippen LogP contribution in [0.2, 0.25) is 0 Å². The highest BCUT2D eigenvalue weighted by molar-refractivity contribution is 5.13. The van der Waals surface area contributed by atoms with Crippen molar-refractivity contribution in [2.75, 3.05) is 6.61 Å². The molecule has 1 aromatic carbocycles. The standard InChI is InChI=1S/C18H31NO.C2H6/c1-2-18(19)14-10-5-3-4-6-11-15-20-16-17-12-8-7-9-13-17;1-2/h7-9,12-13,18H,2-6,10-11,14-16,19H2,1H3;1-2H3. The zero-order valence-electron chi connectivity index (χ0n) is 15.0. The zero-order valence-corrected chi connectivity index (χ0v) is 15.0. The fourth-order valence-corrected chi connectivity index (χ4v) is 2.29. The van der Waals surface area contributed by atoms with Crippen molar-refractivity contribution in [1.82, 2.24) is 0 Å². The number of ether oxygens (including phenoxy) is 1. The minimum atomic E-state index is 0.418. The minimum absolute atomic E-state index is 0.418. The summed E-state index contributed by atoms with van der Waals surface area (Å²) >= 11 is 0. The van der Waals surface area contributed by atoms with Crippen LogP contribution in [0.4, 0.5) is 0 Å². The molecule has 0 fully saturated rings. The van der Waals surface area contributed by atoms with Gasteiger partial charge in [-0.2, -0.15) is 0 Å². The van der Waals surface area contributed by atoms with Gasteiger partial charge < -0.3 is 10.5 Å². The molecule has 1 aromatic rings. The molecule has 1 unspecified atom stereocenters. The summed E-state index contributed by atoms with van der Waals surface area (Å²) in [5.74, 6) is 0. The van der Waals surface area contributed by atoms with Crippen LogP contribution in [-0.2, 0) is 11.3 Å². The Labute approximate surface area is 138 Å². The summed E-state index contributed by atoms with van der Waals surface area (Å²) in [7, 11) is 0. The molecular formula is C20H37NO. The highest BCUT2D eigenvalue weighted by atomic mass is 16.5. The molecule has 1 atom stereocenters. The Hall–Kier alpha value is -0.860. The van der Waals surface area contributed by atoms with Gasteiger partial charge in [-0.25, -0.2) is 0 Å². The Bertz CT molecular complexity index is 313. The van der Waals surface area contributed by atoms with E-state index in [1.54, 1.807) is 0 Å². The van der Waals surface area contributed by atoms with Gasteiger partial charge in [-0.05, 0) is 24.8 Å². The summed E-state index contributed by atoms with van der Waals surface area (Å²) in [6.45, 7) is 7.80. The molecule has 0 saturated heterocycles. The van der Waals surface area contributed by atoms with E-state index in [4.69, 9.17) is 10.5 Å². The molecule has 0 spiro atoms. The van der Waals surface area contributed by atoms with E-state index >= 15 is 0 Å². The second-order valence-corrected chi connectivity index (χ2v) is 5.62. The average molecular weight is 308 g/mol. The first-order valence-electron chi connectivity index (χ1n) is 9.20. The Balaban J connectivity index is 0.00000211. The maximum absolute atomic E-state index is 5.90. The lowest BCUT2D eigenvalue weighted by Gasteiger charge is -2.08. The van der Waals surface area contributed by atoms with E-state index in [0.29, 0.717) is 6.04 Å². The maximum atomic E-state index is 5.90. The Morgan fingerprint density at radius 3 is 2.14 bits per heavy atom. The summed E-state index contributed by atoms with van der Waals surface area (Å²) in [4.78, 5) is 0. The third kappa shape index (κ3) is 12.8. The number of hydrogen-bond donors (Lipinski definition) is 1. The predicted octanol–water partition coefficient (Wildman–Crippen LogP) is 5.70. The molecule has 0 aliphatic heterocycles. The lowest BCUT2D eigenvalue weighted by Crippen LogP contribution is -2.17. The number of rotatable bonds is 12. The van der Waals surface area contributed by atoms with Crippen molar-refractivity contribution in [2.45, 2.75) is 84.8 Å². The van der Waals surface area contributed by atoms with Crippen molar-refractivity contribution in [1.29, 1.82) is 0 Å². The quantitative estimate of drug-likeness (QED) is 0.503. The first-order chi connectivity index (χ1) is 10.8. The van der Waals surface area contributed by atoms with Gasteiger partial charge >= 0.3 is 0 Å². The third-order valence-corrected chi connectivity index (χ3v) is 3.75. The molecular weight excluding hydrogens is 270 g/mol. The molecule has 2 N–H and O–H groups in total. The molecule has 0 heterocycles. The Kier molecular flexibility index (Phi) is 15.9.